The van der Waals surface area contributed by atoms with E-state index in [-0.39, 0.29) is 60.3 Å². The maximum absolute atomic E-state index is 14.3. The number of amides is 5. The van der Waals surface area contributed by atoms with E-state index < -0.39 is 53.8 Å². The molecule has 4 N–H and O–H groups in total. The molecule has 4 bridgehead atoms. The van der Waals surface area contributed by atoms with Crippen LogP contribution in [0, 0.1) is 12.8 Å². The van der Waals surface area contributed by atoms with Gasteiger partial charge in [-0.05, 0) is 38.2 Å². The zero-order chi connectivity index (χ0) is 38.0. The molecule has 2 aliphatic heterocycles. The molecule has 5 amide bonds. The van der Waals surface area contributed by atoms with Gasteiger partial charge in [-0.25, -0.2) is 15.0 Å². The van der Waals surface area contributed by atoms with Crippen molar-refractivity contribution >= 4 is 40.9 Å². The molecule has 0 spiro atoms. The van der Waals surface area contributed by atoms with Gasteiger partial charge < -0.3 is 35.0 Å². The van der Waals surface area contributed by atoms with Gasteiger partial charge in [0.15, 0.2) is 11.4 Å². The Bertz CT molecular complexity index is 1990. The van der Waals surface area contributed by atoms with E-state index in [0.717, 1.165) is 10.6 Å². The lowest BCUT2D eigenvalue weighted by molar-refractivity contribution is -0.126. The maximum atomic E-state index is 14.3. The van der Waals surface area contributed by atoms with E-state index in [4.69, 9.17) is 8.83 Å². The number of nitrogens with one attached hydrogen (secondary N) is 4. The second-order valence-electron chi connectivity index (χ2n) is 14.3. The fourth-order valence-corrected chi connectivity index (χ4v) is 7.42. The van der Waals surface area contributed by atoms with Gasteiger partial charge in [0.25, 0.3) is 17.7 Å². The molecule has 0 aliphatic carbocycles. The second-order valence-corrected chi connectivity index (χ2v) is 15.3. The average Bonchev–Trinajstić information content (AvgIpc) is 3.93. The summed E-state index contributed by atoms with van der Waals surface area (Å²) in [5.74, 6) is -2.21. The first-order valence-electron chi connectivity index (χ1n) is 17.7. The molecule has 15 nitrogen and oxygen atoms in total. The minimum Gasteiger partial charge on any atom is -0.446 e. The quantitative estimate of drug-likeness (QED) is 0.214. The van der Waals surface area contributed by atoms with Crippen molar-refractivity contribution < 1.29 is 32.8 Å². The molecule has 3 aromatic heterocycles. The Kier molecular flexibility index (Phi) is 11.1. The first-order chi connectivity index (χ1) is 25.3. The maximum Gasteiger partial charge on any atom is 0.276 e. The van der Waals surface area contributed by atoms with Gasteiger partial charge in [-0.15, -0.1) is 11.3 Å². The van der Waals surface area contributed by atoms with E-state index in [0.29, 0.717) is 17.0 Å². The number of thiazole rings is 1. The summed E-state index contributed by atoms with van der Waals surface area (Å²) in [6.45, 7) is 11.3. The number of fused-ring (bicyclic) bond motifs is 5. The summed E-state index contributed by atoms with van der Waals surface area (Å²) in [6.07, 6.45) is 3.05. The lowest BCUT2D eigenvalue weighted by Crippen LogP contribution is -2.48. The number of carbonyl (C=O) groups is 5. The SMILES string of the molecule is Cc1nc(C(C)C)sc1C(=O)N[C@H]1C[C@H]2C(=O)N[C@@H](Cc3ccccc3)c3nc(co3)C(=O)N[C@H](CC(C)C)C(=O)N[C@H](C)c3nc(co3)C(=O)N2C1. The number of aryl methyl sites for hydroxylation is 1. The molecule has 4 aromatic rings. The van der Waals surface area contributed by atoms with Gasteiger partial charge in [0.2, 0.25) is 23.6 Å². The third kappa shape index (κ3) is 8.48. The molecule has 53 heavy (non-hydrogen) atoms. The number of oxazole rings is 2. The molecule has 0 unspecified atom stereocenters. The van der Waals surface area contributed by atoms with Gasteiger partial charge >= 0.3 is 0 Å². The number of hydrogen-bond donors (Lipinski definition) is 4. The minimum absolute atomic E-state index is 0.00951. The van der Waals surface area contributed by atoms with Crippen LogP contribution in [0.5, 0.6) is 0 Å². The fraction of sp³-hybridized carbons (Fsp3) is 0.459. The highest BCUT2D eigenvalue weighted by atomic mass is 32.1. The molecule has 1 fully saturated rings. The first kappa shape index (κ1) is 37.4. The summed E-state index contributed by atoms with van der Waals surface area (Å²) in [6, 6.07) is 5.19. The molecular weight excluding hydrogens is 701 g/mol. The van der Waals surface area contributed by atoms with E-state index in [1.807, 2.05) is 58.0 Å². The largest absolute Gasteiger partial charge is 0.446 e. The molecule has 1 aromatic carbocycles. The van der Waals surface area contributed by atoms with Crippen LogP contribution in [0.4, 0.5) is 0 Å². The zero-order valence-corrected chi connectivity index (χ0v) is 31.3. The third-order valence-electron chi connectivity index (χ3n) is 9.16. The summed E-state index contributed by atoms with van der Waals surface area (Å²) in [7, 11) is 0. The number of carbonyl (C=O) groups excluding carboxylic acids is 5. The van der Waals surface area contributed by atoms with Gasteiger partial charge in [-0.1, -0.05) is 58.0 Å². The van der Waals surface area contributed by atoms with Crippen LogP contribution in [0.3, 0.4) is 0 Å². The molecule has 16 heteroatoms. The Morgan fingerprint density at radius 2 is 1.62 bits per heavy atom. The molecule has 5 atom stereocenters. The van der Waals surface area contributed by atoms with Crippen molar-refractivity contribution in [1.82, 2.24) is 41.1 Å². The summed E-state index contributed by atoms with van der Waals surface area (Å²) < 4.78 is 11.4. The van der Waals surface area contributed by atoms with Crippen molar-refractivity contribution in [2.24, 2.45) is 5.92 Å². The molecule has 2 aliphatic rings. The zero-order valence-electron chi connectivity index (χ0n) is 30.5. The van der Waals surface area contributed by atoms with Crippen molar-refractivity contribution in [1.29, 1.82) is 0 Å². The van der Waals surface area contributed by atoms with E-state index in [1.54, 1.807) is 13.8 Å². The fourth-order valence-electron chi connectivity index (χ4n) is 6.45. The van der Waals surface area contributed by atoms with E-state index in [1.165, 1.54) is 28.8 Å². The van der Waals surface area contributed by atoms with Crippen LogP contribution in [-0.4, -0.2) is 74.1 Å². The smallest absolute Gasteiger partial charge is 0.276 e. The molecule has 5 heterocycles. The number of aromatic nitrogens is 3. The van der Waals surface area contributed by atoms with Gasteiger partial charge in [-0.3, -0.25) is 24.0 Å². The monoisotopic (exact) mass is 744 g/mol. The highest BCUT2D eigenvalue weighted by Gasteiger charge is 2.43. The van der Waals surface area contributed by atoms with Crippen LogP contribution in [0.1, 0.15) is 124 Å². The van der Waals surface area contributed by atoms with Crippen LogP contribution >= 0.6 is 11.3 Å². The van der Waals surface area contributed by atoms with Crippen molar-refractivity contribution in [3.63, 3.8) is 0 Å². The lowest BCUT2D eigenvalue weighted by atomic mass is 10.0. The van der Waals surface area contributed by atoms with Gasteiger partial charge in [0.05, 0.1) is 10.7 Å². The van der Waals surface area contributed by atoms with Crippen molar-refractivity contribution in [3.05, 3.63) is 87.2 Å². The topological polar surface area (TPSA) is 202 Å². The number of benzene rings is 1. The number of rotatable bonds is 7. The second kappa shape index (κ2) is 15.7. The van der Waals surface area contributed by atoms with Crippen LogP contribution in [0.2, 0.25) is 0 Å². The third-order valence-corrected chi connectivity index (χ3v) is 10.6. The molecule has 6 rings (SSSR count). The van der Waals surface area contributed by atoms with Crippen molar-refractivity contribution in [3.8, 4) is 0 Å². The normalized spacial score (nSPS) is 22.6. The summed E-state index contributed by atoms with van der Waals surface area (Å²) in [5.41, 5.74) is 1.32. The molecule has 1 saturated heterocycles. The van der Waals surface area contributed by atoms with Crippen LogP contribution < -0.4 is 21.3 Å². The van der Waals surface area contributed by atoms with E-state index in [2.05, 4.69) is 36.2 Å². The Balaban J connectivity index is 1.35. The molecule has 0 saturated carbocycles. The predicted octanol–water partition coefficient (Wildman–Crippen LogP) is 4.00. The standard InChI is InChI=1S/C37H44N8O7S/c1-18(2)12-24-30(46)38-21(6)34-44-27(17-51-34)37(50)45-15-23(40-33(49)29-20(5)39-36(53-29)19(3)4)14-28(45)32(48)42-25(13-22-10-8-7-9-11-22)35-43-26(16-52-35)31(47)41-24/h7-11,16-19,21,23-25,28H,12-15H2,1-6H3,(H,38,46)(H,40,49)(H,41,47)(H,42,48)/t21-,23+,24-,25+,28+/m1/s1. The Morgan fingerprint density at radius 1 is 0.925 bits per heavy atom. The Labute approximate surface area is 310 Å². The number of hydrogen-bond acceptors (Lipinski definition) is 11. The highest BCUT2D eigenvalue weighted by Crippen LogP contribution is 2.28. The van der Waals surface area contributed by atoms with E-state index in [9.17, 15) is 24.0 Å². The van der Waals surface area contributed by atoms with Gasteiger partial charge in [0.1, 0.15) is 41.6 Å². The van der Waals surface area contributed by atoms with E-state index >= 15 is 0 Å². The van der Waals surface area contributed by atoms with Crippen LogP contribution in [0.15, 0.2) is 51.7 Å². The van der Waals surface area contributed by atoms with Gasteiger partial charge in [0, 0.05) is 24.9 Å². The lowest BCUT2D eigenvalue weighted by Gasteiger charge is -2.25. The van der Waals surface area contributed by atoms with Crippen molar-refractivity contribution in [2.75, 3.05) is 6.54 Å². The molecule has 0 radical (unpaired) electrons. The Hall–Kier alpha value is -5.38. The summed E-state index contributed by atoms with van der Waals surface area (Å²) in [4.78, 5) is 84.0. The average molecular weight is 745 g/mol. The van der Waals surface area contributed by atoms with Crippen LogP contribution in [0.25, 0.3) is 0 Å². The summed E-state index contributed by atoms with van der Waals surface area (Å²) >= 11 is 1.32. The van der Waals surface area contributed by atoms with Crippen LogP contribution in [-0.2, 0) is 16.0 Å². The summed E-state index contributed by atoms with van der Waals surface area (Å²) in [5, 5.41) is 12.4. The van der Waals surface area contributed by atoms with Crippen molar-refractivity contribution in [2.45, 2.75) is 96.9 Å². The van der Waals surface area contributed by atoms with Gasteiger partial charge in [-0.2, -0.15) is 0 Å². The predicted molar refractivity (Wildman–Crippen MR) is 193 cm³/mol. The number of nitrogens with zero attached hydrogens (tertiary/aromatic N) is 4. The molecule has 280 valence electrons. The molecular formula is C37H44N8O7S. The minimum atomic E-state index is -1.04. The first-order valence-corrected chi connectivity index (χ1v) is 18.5. The highest BCUT2D eigenvalue weighted by molar-refractivity contribution is 7.13. The Morgan fingerprint density at radius 3 is 2.32 bits per heavy atom.